The Labute approximate surface area is 92.9 Å². The van der Waals surface area contributed by atoms with Crippen molar-refractivity contribution in [1.29, 1.82) is 0 Å². The summed E-state index contributed by atoms with van der Waals surface area (Å²) in [5, 5.41) is 19.9. The molecule has 0 radical (unpaired) electrons. The van der Waals surface area contributed by atoms with Gasteiger partial charge in [0.05, 0.1) is 25.0 Å². The van der Waals surface area contributed by atoms with Gasteiger partial charge in [-0.2, -0.15) is 5.10 Å². The SMILES string of the molecule is OCCn1cc(CNCc2ccon2)cn1. The van der Waals surface area contributed by atoms with Crippen molar-refractivity contribution >= 4 is 0 Å². The molecule has 2 N–H and O–H groups in total. The molecule has 0 atom stereocenters. The lowest BCUT2D eigenvalue weighted by Gasteiger charge is -1.99. The predicted molar refractivity (Wildman–Crippen MR) is 56.4 cm³/mol. The van der Waals surface area contributed by atoms with Crippen LogP contribution in [0.1, 0.15) is 11.3 Å². The van der Waals surface area contributed by atoms with E-state index >= 15 is 0 Å². The minimum Gasteiger partial charge on any atom is -0.394 e. The largest absolute Gasteiger partial charge is 0.394 e. The molecule has 6 heteroatoms. The summed E-state index contributed by atoms with van der Waals surface area (Å²) in [6.07, 6.45) is 5.24. The molecule has 0 saturated heterocycles. The van der Waals surface area contributed by atoms with E-state index < -0.39 is 0 Å². The van der Waals surface area contributed by atoms with Crippen LogP contribution in [0.5, 0.6) is 0 Å². The molecule has 0 aliphatic heterocycles. The van der Waals surface area contributed by atoms with E-state index in [9.17, 15) is 0 Å². The van der Waals surface area contributed by atoms with Crippen molar-refractivity contribution in [2.75, 3.05) is 6.61 Å². The van der Waals surface area contributed by atoms with Gasteiger partial charge >= 0.3 is 0 Å². The van der Waals surface area contributed by atoms with Gasteiger partial charge < -0.3 is 14.9 Å². The van der Waals surface area contributed by atoms with Gasteiger partial charge in [-0.15, -0.1) is 0 Å². The van der Waals surface area contributed by atoms with Crippen LogP contribution < -0.4 is 5.32 Å². The number of nitrogens with zero attached hydrogens (tertiary/aromatic N) is 3. The Morgan fingerprint density at radius 1 is 1.44 bits per heavy atom. The molecule has 0 spiro atoms. The second kappa shape index (κ2) is 5.43. The first-order valence-corrected chi connectivity index (χ1v) is 5.10. The fourth-order valence-corrected chi connectivity index (χ4v) is 1.39. The fraction of sp³-hybridized carbons (Fsp3) is 0.400. The summed E-state index contributed by atoms with van der Waals surface area (Å²) in [4.78, 5) is 0. The lowest BCUT2D eigenvalue weighted by molar-refractivity contribution is 0.269. The normalized spacial score (nSPS) is 10.8. The summed E-state index contributed by atoms with van der Waals surface area (Å²) < 4.78 is 6.43. The molecule has 2 heterocycles. The van der Waals surface area contributed by atoms with Crippen LogP contribution in [-0.2, 0) is 19.6 Å². The van der Waals surface area contributed by atoms with Crippen LogP contribution in [0, 0.1) is 0 Å². The molecule has 6 nitrogen and oxygen atoms in total. The van der Waals surface area contributed by atoms with Gasteiger partial charge in [0.15, 0.2) is 0 Å². The van der Waals surface area contributed by atoms with Crippen molar-refractivity contribution < 1.29 is 9.63 Å². The average Bonchev–Trinajstić information content (AvgIpc) is 2.90. The molecule has 0 bridgehead atoms. The van der Waals surface area contributed by atoms with Gasteiger partial charge in [0.1, 0.15) is 6.26 Å². The van der Waals surface area contributed by atoms with Crippen molar-refractivity contribution in [3.63, 3.8) is 0 Å². The number of aromatic nitrogens is 3. The lowest BCUT2D eigenvalue weighted by Crippen LogP contribution is -2.12. The second-order valence-corrected chi connectivity index (χ2v) is 3.43. The second-order valence-electron chi connectivity index (χ2n) is 3.43. The highest BCUT2D eigenvalue weighted by molar-refractivity contribution is 5.04. The van der Waals surface area contributed by atoms with Crippen molar-refractivity contribution in [2.45, 2.75) is 19.6 Å². The van der Waals surface area contributed by atoms with Crippen LogP contribution in [0.15, 0.2) is 29.2 Å². The molecule has 16 heavy (non-hydrogen) atoms. The molecule has 0 aliphatic rings. The summed E-state index contributed by atoms with van der Waals surface area (Å²) in [5.41, 5.74) is 1.96. The number of hydrogen-bond acceptors (Lipinski definition) is 5. The van der Waals surface area contributed by atoms with Gasteiger partial charge in [-0.05, 0) is 0 Å². The summed E-state index contributed by atoms with van der Waals surface area (Å²) in [7, 11) is 0. The van der Waals surface area contributed by atoms with E-state index in [0.29, 0.717) is 13.1 Å². The molecule has 0 aromatic carbocycles. The average molecular weight is 222 g/mol. The molecule has 0 unspecified atom stereocenters. The molecule has 0 saturated carbocycles. The quantitative estimate of drug-likeness (QED) is 0.727. The third-order valence-corrected chi connectivity index (χ3v) is 2.14. The van der Waals surface area contributed by atoms with Crippen LogP contribution in [0.4, 0.5) is 0 Å². The molecule has 86 valence electrons. The van der Waals surface area contributed by atoms with Gasteiger partial charge in [-0.1, -0.05) is 5.16 Å². The molecule has 0 fully saturated rings. The maximum absolute atomic E-state index is 8.73. The maximum Gasteiger partial charge on any atom is 0.124 e. The first kappa shape index (κ1) is 10.8. The number of aliphatic hydroxyl groups excluding tert-OH is 1. The highest BCUT2D eigenvalue weighted by Crippen LogP contribution is 1.98. The van der Waals surface area contributed by atoms with E-state index in [1.807, 2.05) is 12.3 Å². The first-order chi connectivity index (χ1) is 7.88. The number of aliphatic hydroxyl groups is 1. The zero-order valence-electron chi connectivity index (χ0n) is 8.83. The molecule has 2 rings (SSSR count). The lowest BCUT2D eigenvalue weighted by atomic mass is 10.3. The predicted octanol–water partition coefficient (Wildman–Crippen LogP) is 0.153. The minimum atomic E-state index is 0.105. The van der Waals surface area contributed by atoms with Crippen LogP contribution in [0.3, 0.4) is 0 Å². The smallest absolute Gasteiger partial charge is 0.124 e. The van der Waals surface area contributed by atoms with E-state index in [1.54, 1.807) is 17.1 Å². The minimum absolute atomic E-state index is 0.105. The molecule has 0 aliphatic carbocycles. The summed E-state index contributed by atoms with van der Waals surface area (Å²) >= 11 is 0. The topological polar surface area (TPSA) is 76.1 Å². The zero-order valence-corrected chi connectivity index (χ0v) is 8.83. The van der Waals surface area contributed by atoms with Gasteiger partial charge in [0, 0.05) is 30.9 Å². The summed E-state index contributed by atoms with van der Waals surface area (Å²) in [5.74, 6) is 0. The Kier molecular flexibility index (Phi) is 3.68. The highest BCUT2D eigenvalue weighted by Gasteiger charge is 1.99. The Bertz CT molecular complexity index is 410. The van der Waals surface area contributed by atoms with E-state index in [1.165, 1.54) is 0 Å². The zero-order chi connectivity index (χ0) is 11.2. The Balaban J connectivity index is 1.76. The van der Waals surface area contributed by atoms with Crippen molar-refractivity contribution in [2.24, 2.45) is 0 Å². The number of rotatable bonds is 6. The summed E-state index contributed by atoms with van der Waals surface area (Å²) in [6, 6.07) is 1.82. The summed E-state index contributed by atoms with van der Waals surface area (Å²) in [6.45, 7) is 2.02. The Morgan fingerprint density at radius 2 is 2.38 bits per heavy atom. The van der Waals surface area contributed by atoms with Gasteiger partial charge in [-0.3, -0.25) is 4.68 Å². The maximum atomic E-state index is 8.73. The standard InChI is InChI=1S/C10H14N4O2/c15-3-2-14-8-9(6-12-14)5-11-7-10-1-4-16-13-10/h1,4,6,8,11,15H,2-3,5,7H2. The van der Waals surface area contributed by atoms with Crippen LogP contribution >= 0.6 is 0 Å². The third-order valence-electron chi connectivity index (χ3n) is 2.14. The van der Waals surface area contributed by atoms with Crippen LogP contribution in [0.2, 0.25) is 0 Å². The Hall–Kier alpha value is -1.66. The molecule has 0 amide bonds. The van der Waals surface area contributed by atoms with Gasteiger partial charge in [0.25, 0.3) is 0 Å². The third kappa shape index (κ3) is 2.91. The van der Waals surface area contributed by atoms with E-state index in [4.69, 9.17) is 9.63 Å². The van der Waals surface area contributed by atoms with Crippen LogP contribution in [0.25, 0.3) is 0 Å². The Morgan fingerprint density at radius 3 is 3.12 bits per heavy atom. The number of nitrogens with one attached hydrogen (secondary N) is 1. The number of hydrogen-bond donors (Lipinski definition) is 2. The molecule has 2 aromatic rings. The fourth-order valence-electron chi connectivity index (χ4n) is 1.39. The van der Waals surface area contributed by atoms with Crippen LogP contribution in [-0.4, -0.2) is 26.7 Å². The van der Waals surface area contributed by atoms with E-state index in [-0.39, 0.29) is 6.61 Å². The van der Waals surface area contributed by atoms with Gasteiger partial charge in [0.2, 0.25) is 0 Å². The first-order valence-electron chi connectivity index (χ1n) is 5.10. The van der Waals surface area contributed by atoms with E-state index in [2.05, 4.69) is 15.6 Å². The van der Waals surface area contributed by atoms with Crippen molar-refractivity contribution in [1.82, 2.24) is 20.3 Å². The molecule has 2 aromatic heterocycles. The molecular weight excluding hydrogens is 208 g/mol. The van der Waals surface area contributed by atoms with E-state index in [0.717, 1.165) is 17.8 Å². The van der Waals surface area contributed by atoms with Gasteiger partial charge in [-0.25, -0.2) is 0 Å². The highest BCUT2D eigenvalue weighted by atomic mass is 16.5. The van der Waals surface area contributed by atoms with Crippen molar-refractivity contribution in [3.05, 3.63) is 36.0 Å². The van der Waals surface area contributed by atoms with Crippen molar-refractivity contribution in [3.8, 4) is 0 Å². The molecular formula is C10H14N4O2. The monoisotopic (exact) mass is 222 g/mol.